The first kappa shape index (κ1) is 44.1. The molecule has 4 saturated heterocycles. The Morgan fingerprint density at radius 1 is 0.367 bits per heavy atom. The normalized spacial score (nSPS) is 40.3. The minimum absolute atomic E-state index is 0.000900. The Morgan fingerprint density at radius 3 is 0.900 bits per heavy atom. The van der Waals surface area contributed by atoms with Gasteiger partial charge in [-0.2, -0.15) is 0 Å². The highest BCUT2D eigenvalue weighted by atomic mass is 16.6. The van der Waals surface area contributed by atoms with E-state index < -0.39 is 314 Å². The second kappa shape index (κ2) is 43.9. The number of nitrogens with zero attached hydrogens (tertiary/aromatic N) is 4. The Bertz CT molecular complexity index is 6420. The van der Waals surface area contributed by atoms with E-state index in [2.05, 4.69) is 0 Å². The first-order valence-electron chi connectivity index (χ1n) is 67.8. The summed E-state index contributed by atoms with van der Waals surface area (Å²) < 4.78 is 538. The predicted octanol–water partition coefficient (Wildman–Crippen LogP) is 14.3. The average molecular weight is 1730 g/mol. The number of benzene rings is 4. The summed E-state index contributed by atoms with van der Waals surface area (Å²) in [7, 11) is 1.76. The summed E-state index contributed by atoms with van der Waals surface area (Å²) in [5, 5.41) is 0. The van der Waals surface area contributed by atoms with Gasteiger partial charge in [0.2, 0.25) is 0 Å². The molecular formula is C96H152N8O16. The molecule has 8 aliphatic heterocycles. The highest BCUT2D eigenvalue weighted by Crippen LogP contribution is 2.50. The van der Waals surface area contributed by atoms with E-state index in [1.807, 2.05) is 13.8 Å². The van der Waals surface area contributed by atoms with Gasteiger partial charge in [-0.15, -0.1) is 0 Å². The molecule has 24 nitrogen and oxygen atoms in total. The van der Waals surface area contributed by atoms with Crippen LogP contribution in [-0.2, 0) is 63.6 Å². The second-order valence-electron chi connectivity index (χ2n) is 31.3. The van der Waals surface area contributed by atoms with Crippen molar-refractivity contribution in [2.45, 2.75) is 260 Å². The Hall–Kier alpha value is -7.16. The highest BCUT2D eigenvalue weighted by molar-refractivity contribution is 5.77. The lowest BCUT2D eigenvalue weighted by atomic mass is 9.79. The van der Waals surface area contributed by atoms with Crippen LogP contribution in [-0.4, -0.2) is 201 Å². The summed E-state index contributed by atoms with van der Waals surface area (Å²) in [4.78, 5) is 58.5. The number of aryl methyl sites for hydroxylation is 4. The number of rotatable bonds is 28. The predicted molar refractivity (Wildman–Crippen MR) is 471 cm³/mol. The molecule has 0 bridgehead atoms. The number of fused-ring (bicyclic) bond motifs is 12. The minimum atomic E-state index is -3.88. The van der Waals surface area contributed by atoms with E-state index in [-0.39, 0.29) is 141 Å². The zero-order valence-corrected chi connectivity index (χ0v) is 69.7. The number of nitrogens with two attached hydrogens (primary N) is 4. The molecule has 0 radical (unpaired) electrons. The lowest BCUT2D eigenvalue weighted by molar-refractivity contribution is -0.161. The zero-order chi connectivity index (χ0) is 138. The number of esters is 4. The first-order valence-corrected chi connectivity index (χ1v) is 38.8. The van der Waals surface area contributed by atoms with Crippen molar-refractivity contribution in [3.8, 4) is 46.0 Å². The van der Waals surface area contributed by atoms with Crippen molar-refractivity contribution < 1.29 is 156 Å². The maximum Gasteiger partial charge on any atom is 0.323 e. The fourth-order valence-corrected chi connectivity index (χ4v) is 15.5. The van der Waals surface area contributed by atoms with Gasteiger partial charge in [-0.05, 0) is 191 Å². The molecule has 12 rings (SSSR count). The third-order valence-corrected chi connectivity index (χ3v) is 21.2. The van der Waals surface area contributed by atoms with Crippen LogP contribution in [0.15, 0.2) is 48.5 Å². The van der Waals surface area contributed by atoms with E-state index >= 15 is 0 Å². The van der Waals surface area contributed by atoms with Gasteiger partial charge in [0.15, 0.2) is 46.0 Å². The van der Waals surface area contributed by atoms with Gasteiger partial charge in [-0.3, -0.25) is 38.8 Å². The molecule has 8 N–H and O–H groups in total. The van der Waals surface area contributed by atoms with Crippen LogP contribution < -0.4 is 60.8 Å². The third-order valence-electron chi connectivity index (χ3n) is 21.2. The molecule has 4 aromatic carbocycles. The number of piperidine rings is 4. The molecule has 672 valence electrons. The number of hydrogen-bond donors (Lipinski definition) is 4. The molecule has 24 heteroatoms. The molecule has 8 heterocycles. The number of carbonyl (C=O) groups is 4. The van der Waals surface area contributed by atoms with Crippen molar-refractivity contribution in [2.75, 3.05) is 109 Å². The van der Waals surface area contributed by atoms with Gasteiger partial charge in [0.1, 0.15) is 48.4 Å². The highest BCUT2D eigenvalue weighted by Gasteiger charge is 2.47. The molecule has 4 fully saturated rings. The van der Waals surface area contributed by atoms with Gasteiger partial charge >= 0.3 is 23.9 Å². The van der Waals surface area contributed by atoms with Gasteiger partial charge in [0, 0.05) is 186 Å². The van der Waals surface area contributed by atoms with E-state index in [9.17, 15) is 24.7 Å². The van der Waals surface area contributed by atoms with Gasteiger partial charge in [0.25, 0.3) is 0 Å². The maximum atomic E-state index is 13.5. The third kappa shape index (κ3) is 23.8. The molecule has 0 saturated carbocycles. The number of ether oxygens (including phenoxy) is 12. The van der Waals surface area contributed by atoms with Crippen LogP contribution in [0.25, 0.3) is 0 Å². The Labute approximate surface area is 800 Å². The van der Waals surface area contributed by atoms with Crippen molar-refractivity contribution in [1.82, 2.24) is 19.6 Å². The minimum Gasteiger partial charge on any atom is -0.493 e. The lowest BCUT2D eigenvalue weighted by Gasteiger charge is -2.47. The van der Waals surface area contributed by atoms with Gasteiger partial charge < -0.3 is 79.8 Å². The fourth-order valence-electron chi connectivity index (χ4n) is 15.5. The SMILES string of the molecule is [2H]C([2H])([2H])Oc1cc2c(cc1OC)C1CC([2H])(OC(=O)[C@@]([2H])(N)C([2H])(C([2H])([2H])[2H])C([2H])([2H])[2H])C(CC(C)C)CN1C([2H])([2H])C2([2H])[2H].[2H]C([2H])([2H])Oc1cc2c(cc1OC)C1CC([2H])(OC(=O)[C@@]([2H])(N)C([2H])(C([2H])([2H])[2H])C([2H])([2H])[2H])C(CC(C)C)CN1C([2H])([2H])C2([2H])[2H].[2H]C1(OC(=O)[C@@]([2H])(N)C([2H])(C([2H])([2H])[2H])C([2H])([2H])[2H])CC2c3cc(OC)c(OC)cc3C([2H])([2H])C([2H])([2H])N2CC1CC(C)C.[2H]C12CC(OC(=O)[C@@]([2H])(N)C([2H])(C([2H])([2H])[2H])C([2H])([2H])[2H])C(CC(C)C)CN1C([2H])([2H])C([2H])([2H])c1cc(OC)c(OC)cc12. The summed E-state index contributed by atoms with van der Waals surface area (Å²) in [5.41, 5.74) is 22.3. The van der Waals surface area contributed by atoms with Crippen molar-refractivity contribution in [3.63, 3.8) is 0 Å². The number of hydrogen-bond acceptors (Lipinski definition) is 24. The van der Waals surface area contributed by atoms with Crippen LogP contribution in [0.1, 0.15) is 310 Å². The Morgan fingerprint density at radius 2 is 0.617 bits per heavy atom. The summed E-state index contributed by atoms with van der Waals surface area (Å²) >= 11 is 0. The smallest absolute Gasteiger partial charge is 0.323 e. The van der Waals surface area contributed by atoms with Crippen molar-refractivity contribution >= 4 is 23.9 Å². The zero-order valence-electron chi connectivity index (χ0n) is 128. The number of methoxy groups -OCH3 is 8. The van der Waals surface area contributed by atoms with Crippen molar-refractivity contribution in [1.29, 1.82) is 0 Å². The largest absolute Gasteiger partial charge is 0.493 e. The van der Waals surface area contributed by atoms with Gasteiger partial charge in [-0.25, -0.2) is 0 Å². The summed E-state index contributed by atoms with van der Waals surface area (Å²) in [6.07, 6.45) is -20.9. The topological polar surface area (TPSA) is 296 Å². The van der Waals surface area contributed by atoms with Gasteiger partial charge in [0.05, 0.1) is 75.9 Å². The maximum absolute atomic E-state index is 13.5. The molecule has 16 atom stereocenters. The van der Waals surface area contributed by atoms with E-state index in [1.165, 1.54) is 84.0 Å². The van der Waals surface area contributed by atoms with Crippen molar-refractivity contribution in [3.05, 3.63) is 93.0 Å². The molecule has 12 unspecified atom stereocenters. The van der Waals surface area contributed by atoms with Crippen LogP contribution >= 0.6 is 0 Å². The van der Waals surface area contributed by atoms with Crippen LogP contribution in [0.3, 0.4) is 0 Å². The standard InChI is InChI=1S/4C24H38N2O4/c4*1-14(2)9-17-13-26-8-7-16-10-21(28-5)22(29-6)11-18(16)19(26)12-20(17)30-24(27)23(25)15(3)4/h4*10-11,14-15,17,19-20,23H,7-9,12-13,25H2,1-6H3/t4*17?,19?,20?,23-/m0000/s1/i2*3D3,4D3,5D3,7D2,8D2,15D,20D,23D;3D3,4D3,7D2,8D2,15D,20D,23D;3D3,4D3,7D2,8D2,15D,19D,23D. The summed E-state index contributed by atoms with van der Waals surface area (Å²) in [6, 6.07) is -10.7. The Balaban J connectivity index is 0.000000259. The van der Waals surface area contributed by atoms with Crippen LogP contribution in [0.4, 0.5) is 0 Å². The van der Waals surface area contributed by atoms with E-state index in [1.54, 1.807) is 41.5 Å². The summed E-state index contributed by atoms with van der Waals surface area (Å²) in [5.74, 6) is -28.2. The molecule has 8 aliphatic rings. The van der Waals surface area contributed by atoms with Crippen molar-refractivity contribution in [2.24, 2.45) is 93.9 Å². The number of carbonyl (C=O) groups excluding carboxylic acids is 4. The van der Waals surface area contributed by atoms with Gasteiger partial charge in [-0.1, -0.05) is 110 Å². The van der Waals surface area contributed by atoms with E-state index in [0.29, 0.717) is 0 Å². The molecule has 0 aliphatic carbocycles. The molecule has 0 aromatic heterocycles. The molecule has 0 spiro atoms. The average Bonchev–Trinajstić information content (AvgIpc) is 0.692. The van der Waals surface area contributed by atoms with E-state index in [4.69, 9.17) is 154 Å². The fraction of sp³-hybridized carbons (Fsp3) is 0.708. The first-order chi connectivity index (χ1) is 79.3. The Kier molecular flexibility index (Phi) is 16.2. The lowest BCUT2D eigenvalue weighted by Crippen LogP contribution is -2.51. The van der Waals surface area contributed by atoms with E-state index in [0.717, 1.165) is 26.8 Å². The molecule has 4 aromatic rings. The summed E-state index contributed by atoms with van der Waals surface area (Å²) in [6.45, 7) is -28.1. The van der Waals surface area contributed by atoms with Crippen LogP contribution in [0, 0.1) is 70.9 Å². The molecule has 0 amide bonds. The van der Waals surface area contributed by atoms with Crippen LogP contribution in [0.5, 0.6) is 46.0 Å². The monoisotopic (exact) mass is 1730 g/mol. The van der Waals surface area contributed by atoms with Crippen LogP contribution in [0.2, 0.25) is 0 Å². The molecular weight excluding hydrogens is 1520 g/mol. The molecule has 120 heavy (non-hydrogen) atoms. The quantitative estimate of drug-likeness (QED) is 0.0303. The second-order valence-corrected chi connectivity index (χ2v) is 31.3.